The van der Waals surface area contributed by atoms with E-state index < -0.39 is 17.9 Å². The Labute approximate surface area is 162 Å². The maximum absolute atomic E-state index is 12.4. The van der Waals surface area contributed by atoms with E-state index in [0.29, 0.717) is 21.8 Å². The van der Waals surface area contributed by atoms with E-state index in [2.05, 4.69) is 10.6 Å². The van der Waals surface area contributed by atoms with Gasteiger partial charge in [0.15, 0.2) is 0 Å². The summed E-state index contributed by atoms with van der Waals surface area (Å²) in [6.45, 7) is 5.43. The van der Waals surface area contributed by atoms with Gasteiger partial charge in [-0.15, -0.1) is 0 Å². The van der Waals surface area contributed by atoms with Crippen LogP contribution in [0.2, 0.25) is 5.02 Å². The Balaban J connectivity index is 2.06. The molecule has 0 radical (unpaired) electrons. The van der Waals surface area contributed by atoms with Crippen molar-refractivity contribution in [3.05, 3.63) is 64.2 Å². The number of anilines is 1. The van der Waals surface area contributed by atoms with Gasteiger partial charge in [0.1, 0.15) is 6.04 Å². The molecule has 2 aromatic rings. The zero-order valence-electron chi connectivity index (χ0n) is 15.2. The molecule has 6 nitrogen and oxygen atoms in total. The number of carboxylic acids is 1. The Morgan fingerprint density at radius 2 is 1.52 bits per heavy atom. The number of halogens is 1. The van der Waals surface area contributed by atoms with Gasteiger partial charge in [0, 0.05) is 21.8 Å². The van der Waals surface area contributed by atoms with Crippen LogP contribution in [0.5, 0.6) is 0 Å². The molecule has 0 aliphatic carbocycles. The third-order valence-corrected chi connectivity index (χ3v) is 4.33. The largest absolute Gasteiger partial charge is 0.480 e. The highest BCUT2D eigenvalue weighted by Gasteiger charge is 2.15. The summed E-state index contributed by atoms with van der Waals surface area (Å²) in [7, 11) is 0. The van der Waals surface area contributed by atoms with Crippen LogP contribution in [-0.4, -0.2) is 28.9 Å². The number of nitrogens with one attached hydrogen (secondary N) is 2. The van der Waals surface area contributed by atoms with E-state index in [9.17, 15) is 14.4 Å². The van der Waals surface area contributed by atoms with Crippen molar-refractivity contribution in [2.75, 3.05) is 5.32 Å². The van der Waals surface area contributed by atoms with Gasteiger partial charge >= 0.3 is 5.97 Å². The van der Waals surface area contributed by atoms with Gasteiger partial charge in [-0.2, -0.15) is 0 Å². The predicted octanol–water partition coefficient (Wildman–Crippen LogP) is 3.92. The number of benzene rings is 2. The van der Waals surface area contributed by atoms with Crippen LogP contribution in [0, 0.1) is 0 Å². The highest BCUT2D eigenvalue weighted by Crippen LogP contribution is 2.25. The van der Waals surface area contributed by atoms with E-state index in [1.165, 1.54) is 19.1 Å². The zero-order chi connectivity index (χ0) is 20.1. The van der Waals surface area contributed by atoms with Crippen LogP contribution in [-0.2, 0) is 4.79 Å². The lowest BCUT2D eigenvalue weighted by molar-refractivity contribution is -0.138. The number of carbonyl (C=O) groups excluding carboxylic acids is 2. The van der Waals surface area contributed by atoms with E-state index in [1.54, 1.807) is 24.3 Å². The van der Waals surface area contributed by atoms with Crippen LogP contribution in [0.15, 0.2) is 42.5 Å². The Kier molecular flexibility index (Phi) is 6.58. The van der Waals surface area contributed by atoms with Gasteiger partial charge in [-0.3, -0.25) is 14.4 Å². The second kappa shape index (κ2) is 8.68. The van der Waals surface area contributed by atoms with Crippen LogP contribution >= 0.6 is 11.6 Å². The first-order valence-corrected chi connectivity index (χ1v) is 8.81. The molecule has 0 fully saturated rings. The minimum atomic E-state index is -1.12. The maximum Gasteiger partial charge on any atom is 0.325 e. The Morgan fingerprint density at radius 3 is 2.04 bits per heavy atom. The van der Waals surface area contributed by atoms with Crippen molar-refractivity contribution in [2.24, 2.45) is 0 Å². The highest BCUT2D eigenvalue weighted by molar-refractivity contribution is 6.32. The molecule has 0 aromatic heterocycles. The second-order valence-corrected chi connectivity index (χ2v) is 6.86. The molecule has 1 atom stereocenters. The third kappa shape index (κ3) is 5.31. The van der Waals surface area contributed by atoms with Gasteiger partial charge < -0.3 is 15.7 Å². The summed E-state index contributed by atoms with van der Waals surface area (Å²) >= 11 is 6.22. The number of carboxylic acid groups (broad SMARTS) is 1. The van der Waals surface area contributed by atoms with Crippen molar-refractivity contribution >= 4 is 35.1 Å². The summed E-state index contributed by atoms with van der Waals surface area (Å²) in [4.78, 5) is 35.1. The summed E-state index contributed by atoms with van der Waals surface area (Å²) < 4.78 is 0. The summed E-state index contributed by atoms with van der Waals surface area (Å²) in [5.41, 5.74) is 2.21. The van der Waals surface area contributed by atoms with Crippen molar-refractivity contribution in [3.63, 3.8) is 0 Å². The number of rotatable bonds is 6. The number of hydrogen-bond acceptors (Lipinski definition) is 3. The average molecular weight is 389 g/mol. The minimum absolute atomic E-state index is 0.261. The standard InChI is InChI=1S/C20H21ClN2O4/c1-11(2)16-9-6-14(10-17(16)21)19(25)23-15-7-4-13(5-8-15)18(24)22-12(3)20(26)27/h4-12H,1-3H3,(H,22,24)(H,23,25)(H,26,27). The number of amides is 2. The molecular weight excluding hydrogens is 368 g/mol. The summed E-state index contributed by atoms with van der Waals surface area (Å²) in [5.74, 6) is -1.67. The van der Waals surface area contributed by atoms with Gasteiger partial charge in [0.05, 0.1) is 0 Å². The summed E-state index contributed by atoms with van der Waals surface area (Å²) in [6.07, 6.45) is 0. The van der Waals surface area contributed by atoms with E-state index >= 15 is 0 Å². The normalized spacial score (nSPS) is 11.7. The van der Waals surface area contributed by atoms with Gasteiger partial charge in [0.25, 0.3) is 11.8 Å². The van der Waals surface area contributed by atoms with Gasteiger partial charge in [0.2, 0.25) is 0 Å². The molecule has 0 heterocycles. The van der Waals surface area contributed by atoms with Crippen LogP contribution in [0.4, 0.5) is 5.69 Å². The predicted molar refractivity (Wildman–Crippen MR) is 105 cm³/mol. The number of carbonyl (C=O) groups is 3. The number of aliphatic carboxylic acids is 1. The zero-order valence-corrected chi connectivity index (χ0v) is 16.0. The smallest absolute Gasteiger partial charge is 0.325 e. The molecule has 0 bridgehead atoms. The SMILES string of the molecule is CC(NC(=O)c1ccc(NC(=O)c2ccc(C(C)C)c(Cl)c2)cc1)C(=O)O. The fourth-order valence-electron chi connectivity index (χ4n) is 2.39. The molecule has 0 spiro atoms. The van der Waals surface area contributed by atoms with Gasteiger partial charge in [-0.25, -0.2) is 0 Å². The van der Waals surface area contributed by atoms with Crippen LogP contribution in [0.3, 0.4) is 0 Å². The Bertz CT molecular complexity index is 863. The Hall–Kier alpha value is -2.86. The lowest BCUT2D eigenvalue weighted by Gasteiger charge is -2.11. The van der Waals surface area contributed by atoms with Gasteiger partial charge in [-0.05, 0) is 54.8 Å². The third-order valence-electron chi connectivity index (χ3n) is 4.01. The quantitative estimate of drug-likeness (QED) is 0.698. The molecule has 142 valence electrons. The lowest BCUT2D eigenvalue weighted by Crippen LogP contribution is -2.38. The van der Waals surface area contributed by atoms with Crippen LogP contribution in [0.25, 0.3) is 0 Å². The molecule has 2 aromatic carbocycles. The van der Waals surface area contributed by atoms with Crippen molar-refractivity contribution in [2.45, 2.75) is 32.7 Å². The number of hydrogen-bond donors (Lipinski definition) is 3. The summed E-state index contributed by atoms with van der Waals surface area (Å²) in [6, 6.07) is 10.3. The fraction of sp³-hybridized carbons (Fsp3) is 0.250. The second-order valence-electron chi connectivity index (χ2n) is 6.46. The summed E-state index contributed by atoms with van der Waals surface area (Å²) in [5, 5.41) is 14.5. The molecule has 0 saturated heterocycles. The minimum Gasteiger partial charge on any atom is -0.480 e. The van der Waals surface area contributed by atoms with E-state index in [1.807, 2.05) is 19.9 Å². The van der Waals surface area contributed by atoms with E-state index in [-0.39, 0.29) is 11.8 Å². The molecule has 0 saturated carbocycles. The van der Waals surface area contributed by atoms with Crippen molar-refractivity contribution < 1.29 is 19.5 Å². The van der Waals surface area contributed by atoms with E-state index in [0.717, 1.165) is 5.56 Å². The van der Waals surface area contributed by atoms with Crippen molar-refractivity contribution in [1.29, 1.82) is 0 Å². The lowest BCUT2D eigenvalue weighted by atomic mass is 10.0. The molecule has 2 rings (SSSR count). The average Bonchev–Trinajstić information content (AvgIpc) is 2.61. The topological polar surface area (TPSA) is 95.5 Å². The monoisotopic (exact) mass is 388 g/mol. The first kappa shape index (κ1) is 20.5. The molecule has 2 amide bonds. The van der Waals surface area contributed by atoms with Crippen molar-refractivity contribution in [3.8, 4) is 0 Å². The molecule has 27 heavy (non-hydrogen) atoms. The Morgan fingerprint density at radius 1 is 0.926 bits per heavy atom. The molecule has 0 aliphatic rings. The molecule has 7 heteroatoms. The van der Waals surface area contributed by atoms with E-state index in [4.69, 9.17) is 16.7 Å². The van der Waals surface area contributed by atoms with Gasteiger partial charge in [-0.1, -0.05) is 31.5 Å². The first-order chi connectivity index (χ1) is 12.7. The molecule has 1 unspecified atom stereocenters. The highest BCUT2D eigenvalue weighted by atomic mass is 35.5. The first-order valence-electron chi connectivity index (χ1n) is 8.43. The molecule has 3 N–H and O–H groups in total. The maximum atomic E-state index is 12.4. The molecular formula is C20H21ClN2O4. The van der Waals surface area contributed by atoms with Crippen LogP contribution in [0.1, 0.15) is 53.0 Å². The molecule has 0 aliphatic heterocycles. The van der Waals surface area contributed by atoms with Crippen LogP contribution < -0.4 is 10.6 Å². The van der Waals surface area contributed by atoms with Crippen molar-refractivity contribution in [1.82, 2.24) is 5.32 Å². The fourth-order valence-corrected chi connectivity index (χ4v) is 2.79.